The zero-order valence-electron chi connectivity index (χ0n) is 14.6. The van der Waals surface area contributed by atoms with E-state index in [-0.39, 0.29) is 18.0 Å². The molecule has 6 rings (SSSR count). The minimum absolute atomic E-state index is 0.227. The van der Waals surface area contributed by atoms with Gasteiger partial charge in [0.15, 0.2) is 0 Å². The molecule has 1 aromatic heterocycles. The molecule has 4 aliphatic heterocycles. The van der Waals surface area contributed by atoms with E-state index in [0.717, 1.165) is 29.8 Å². The van der Waals surface area contributed by atoms with Crippen LogP contribution in [0.15, 0.2) is 23.0 Å². The van der Waals surface area contributed by atoms with E-state index in [1.807, 2.05) is 18.2 Å². The number of aromatic nitrogens is 2. The first-order chi connectivity index (χ1) is 12.5. The van der Waals surface area contributed by atoms with Gasteiger partial charge < -0.3 is 10.2 Å². The highest BCUT2D eigenvalue weighted by Crippen LogP contribution is 2.30. The molecule has 2 amide bonds. The van der Waals surface area contributed by atoms with Crippen LogP contribution in [-0.4, -0.2) is 46.1 Å². The Balaban J connectivity index is 1.56. The van der Waals surface area contributed by atoms with Crippen molar-refractivity contribution in [2.75, 3.05) is 18.0 Å². The second-order valence-corrected chi connectivity index (χ2v) is 7.55. The minimum Gasteiger partial charge on any atom is -0.368 e. The quantitative estimate of drug-likeness (QED) is 0.733. The topological polar surface area (TPSA) is 88.4 Å². The molecule has 8 heteroatoms. The summed E-state index contributed by atoms with van der Waals surface area (Å²) in [6.07, 6.45) is 1.84. The van der Waals surface area contributed by atoms with Gasteiger partial charge in [-0.2, -0.15) is 0 Å². The van der Waals surface area contributed by atoms with Gasteiger partial charge in [0.1, 0.15) is 6.04 Å². The third kappa shape index (κ3) is 2.21. The molecule has 3 unspecified atom stereocenters. The summed E-state index contributed by atoms with van der Waals surface area (Å²) in [6, 6.07) is 6.45. The van der Waals surface area contributed by atoms with Gasteiger partial charge in [-0.3, -0.25) is 24.0 Å². The van der Waals surface area contributed by atoms with E-state index in [2.05, 4.69) is 15.5 Å². The number of imide groups is 1. The first-order valence-electron chi connectivity index (χ1n) is 9.07. The van der Waals surface area contributed by atoms with E-state index in [1.165, 1.54) is 11.0 Å². The van der Waals surface area contributed by atoms with E-state index in [4.69, 9.17) is 0 Å². The number of imidazole rings is 1. The van der Waals surface area contributed by atoms with Crippen LogP contribution in [0.25, 0.3) is 11.0 Å². The number of anilines is 1. The summed E-state index contributed by atoms with van der Waals surface area (Å²) in [5.74, 6) is -0.679. The molecule has 0 radical (unpaired) electrons. The maximum absolute atomic E-state index is 12.8. The molecule has 136 valence electrons. The first-order valence-corrected chi connectivity index (χ1v) is 9.07. The third-order valence-corrected chi connectivity index (χ3v) is 5.88. The fourth-order valence-electron chi connectivity index (χ4n) is 4.50. The Morgan fingerprint density at radius 3 is 2.50 bits per heavy atom. The number of nitrogens with one attached hydrogen (secondary N) is 2. The number of aryl methyl sites for hydroxylation is 1. The van der Waals surface area contributed by atoms with Crippen molar-refractivity contribution in [3.05, 3.63) is 28.7 Å². The standard InChI is InChI=1S/C18H21N5O3/c1-21-15-7-12(22-8-10-6-11(9-22)19-10)2-3-13(15)23(18(21)26)14-4-5-16(24)20-17(14)25/h2-3,7,10-11,14,19H,4-6,8-9H2,1H3,(H,20,24,25). The smallest absolute Gasteiger partial charge is 0.329 e. The number of carbonyl (C=O) groups excluding carboxylic acids is 2. The van der Waals surface area contributed by atoms with Crippen molar-refractivity contribution in [1.82, 2.24) is 19.8 Å². The van der Waals surface area contributed by atoms with Gasteiger partial charge in [-0.05, 0) is 31.0 Å². The highest BCUT2D eigenvalue weighted by molar-refractivity contribution is 6.00. The Morgan fingerprint density at radius 1 is 1.08 bits per heavy atom. The fourth-order valence-corrected chi connectivity index (χ4v) is 4.50. The van der Waals surface area contributed by atoms with Crippen LogP contribution in [0, 0.1) is 0 Å². The number of amides is 2. The molecule has 2 bridgehead atoms. The van der Waals surface area contributed by atoms with Crippen LogP contribution in [0.4, 0.5) is 5.69 Å². The summed E-state index contributed by atoms with van der Waals surface area (Å²) in [7, 11) is 1.73. The molecule has 3 atom stereocenters. The molecule has 0 saturated carbocycles. The minimum atomic E-state index is -0.637. The number of rotatable bonds is 2. The molecule has 4 aliphatic rings. The van der Waals surface area contributed by atoms with Crippen molar-refractivity contribution in [3.63, 3.8) is 0 Å². The molecular formula is C18H21N5O3. The van der Waals surface area contributed by atoms with Crippen molar-refractivity contribution in [2.45, 2.75) is 37.4 Å². The number of nitrogens with zero attached hydrogens (tertiary/aromatic N) is 3. The summed E-state index contributed by atoms with van der Waals surface area (Å²) in [5, 5.41) is 5.86. The second kappa shape index (κ2) is 5.44. The molecule has 5 heterocycles. The lowest BCUT2D eigenvalue weighted by atomic mass is 9.91. The molecule has 0 aliphatic carbocycles. The van der Waals surface area contributed by atoms with Crippen molar-refractivity contribution in [1.29, 1.82) is 0 Å². The first kappa shape index (κ1) is 15.6. The number of benzene rings is 1. The van der Waals surface area contributed by atoms with Crippen molar-refractivity contribution in [3.8, 4) is 0 Å². The molecule has 4 saturated heterocycles. The second-order valence-electron chi connectivity index (χ2n) is 7.55. The fraction of sp³-hybridized carbons (Fsp3) is 0.500. The van der Waals surface area contributed by atoms with Crippen molar-refractivity contribution < 1.29 is 9.59 Å². The van der Waals surface area contributed by atoms with E-state index in [1.54, 1.807) is 11.6 Å². The zero-order chi connectivity index (χ0) is 18.0. The Morgan fingerprint density at radius 2 is 1.81 bits per heavy atom. The highest BCUT2D eigenvalue weighted by Gasteiger charge is 2.37. The average Bonchev–Trinajstić information content (AvgIpc) is 2.86. The van der Waals surface area contributed by atoms with Gasteiger partial charge in [0.25, 0.3) is 0 Å². The molecule has 2 aromatic rings. The zero-order valence-corrected chi connectivity index (χ0v) is 14.6. The highest BCUT2D eigenvalue weighted by atomic mass is 16.2. The van der Waals surface area contributed by atoms with Gasteiger partial charge in [0.05, 0.1) is 11.0 Å². The lowest BCUT2D eigenvalue weighted by Crippen LogP contribution is -2.67. The lowest BCUT2D eigenvalue weighted by molar-refractivity contribution is -0.135. The molecule has 1 aromatic carbocycles. The predicted molar refractivity (Wildman–Crippen MR) is 96.1 cm³/mol. The molecule has 26 heavy (non-hydrogen) atoms. The molecule has 4 fully saturated rings. The van der Waals surface area contributed by atoms with Gasteiger partial charge >= 0.3 is 5.69 Å². The Hall–Kier alpha value is -2.61. The number of carbonyl (C=O) groups is 2. The van der Waals surface area contributed by atoms with Crippen LogP contribution in [0.3, 0.4) is 0 Å². The number of hydrogen-bond donors (Lipinski definition) is 2. The van der Waals surface area contributed by atoms with Crippen LogP contribution < -0.4 is 21.2 Å². The van der Waals surface area contributed by atoms with Crippen molar-refractivity contribution >= 4 is 28.5 Å². The van der Waals surface area contributed by atoms with Crippen LogP contribution in [-0.2, 0) is 16.6 Å². The number of fused-ring (bicyclic) bond motifs is 3. The third-order valence-electron chi connectivity index (χ3n) is 5.88. The van der Waals surface area contributed by atoms with Crippen LogP contribution in [0.5, 0.6) is 0 Å². The molecule has 2 N–H and O–H groups in total. The summed E-state index contributed by atoms with van der Waals surface area (Å²) in [5.41, 5.74) is 2.42. The lowest BCUT2D eigenvalue weighted by Gasteiger charge is -2.49. The summed E-state index contributed by atoms with van der Waals surface area (Å²) in [6.45, 7) is 1.95. The summed E-state index contributed by atoms with van der Waals surface area (Å²) in [4.78, 5) is 38.8. The molecular weight excluding hydrogens is 334 g/mol. The van der Waals surface area contributed by atoms with E-state index >= 15 is 0 Å². The van der Waals surface area contributed by atoms with Gasteiger partial charge in [0.2, 0.25) is 11.8 Å². The van der Waals surface area contributed by atoms with E-state index < -0.39 is 11.9 Å². The van der Waals surface area contributed by atoms with Crippen LogP contribution in [0.1, 0.15) is 25.3 Å². The van der Waals surface area contributed by atoms with E-state index in [9.17, 15) is 14.4 Å². The van der Waals surface area contributed by atoms with E-state index in [0.29, 0.717) is 18.5 Å². The monoisotopic (exact) mass is 355 g/mol. The average molecular weight is 355 g/mol. The summed E-state index contributed by atoms with van der Waals surface area (Å²) >= 11 is 0. The largest absolute Gasteiger partial charge is 0.368 e. The van der Waals surface area contributed by atoms with Gasteiger partial charge in [-0.15, -0.1) is 0 Å². The van der Waals surface area contributed by atoms with Gasteiger partial charge in [0, 0.05) is 44.3 Å². The number of piperazine rings is 1. The maximum Gasteiger partial charge on any atom is 0.329 e. The van der Waals surface area contributed by atoms with Crippen LogP contribution in [0.2, 0.25) is 0 Å². The van der Waals surface area contributed by atoms with Gasteiger partial charge in [-0.25, -0.2) is 4.79 Å². The Kier molecular flexibility index (Phi) is 3.27. The normalized spacial score (nSPS) is 28.2. The molecule has 0 spiro atoms. The number of hydrogen-bond acceptors (Lipinski definition) is 5. The van der Waals surface area contributed by atoms with Crippen LogP contribution >= 0.6 is 0 Å². The predicted octanol–water partition coefficient (Wildman–Crippen LogP) is -0.132. The maximum atomic E-state index is 12.8. The SMILES string of the molecule is Cn1c(=O)n(C2CCC(=O)NC2=O)c2ccc(N3CC4CC(C3)N4)cc21. The van der Waals surface area contributed by atoms with Crippen molar-refractivity contribution in [2.24, 2.45) is 7.05 Å². The molecule has 8 nitrogen and oxygen atoms in total. The Labute approximate surface area is 149 Å². The van der Waals surface area contributed by atoms with Gasteiger partial charge in [-0.1, -0.05) is 0 Å². The number of piperidine rings is 2. The Bertz CT molecular complexity index is 975. The summed E-state index contributed by atoms with van der Waals surface area (Å²) < 4.78 is 3.11.